The zero-order chi connectivity index (χ0) is 14.7. The summed E-state index contributed by atoms with van der Waals surface area (Å²) >= 11 is 1.73. The van der Waals surface area contributed by atoms with Gasteiger partial charge in [-0.05, 0) is 31.9 Å². The molecule has 112 valence electrons. The van der Waals surface area contributed by atoms with E-state index in [4.69, 9.17) is 0 Å². The van der Waals surface area contributed by atoms with Crippen molar-refractivity contribution in [3.05, 3.63) is 21.9 Å². The first-order chi connectivity index (χ1) is 9.52. The Balaban J connectivity index is 2.10. The Kier molecular flexibility index (Phi) is 5.35. The van der Waals surface area contributed by atoms with Crippen LogP contribution >= 0.6 is 11.3 Å². The molecule has 1 aromatic heterocycles. The van der Waals surface area contributed by atoms with E-state index >= 15 is 0 Å². The number of hydrogen-bond donors (Lipinski definition) is 1. The lowest BCUT2D eigenvalue weighted by Gasteiger charge is -2.23. The van der Waals surface area contributed by atoms with Crippen LogP contribution in [0.4, 0.5) is 0 Å². The van der Waals surface area contributed by atoms with Gasteiger partial charge in [0.25, 0.3) is 0 Å². The van der Waals surface area contributed by atoms with Crippen LogP contribution in [0.3, 0.4) is 0 Å². The van der Waals surface area contributed by atoms with E-state index in [0.29, 0.717) is 12.3 Å². The summed E-state index contributed by atoms with van der Waals surface area (Å²) in [4.78, 5) is 16.7. The molecule has 2 heterocycles. The molecule has 20 heavy (non-hydrogen) atoms. The second-order valence-corrected chi connectivity index (χ2v) is 8.02. The highest BCUT2D eigenvalue weighted by Gasteiger charge is 2.38. The van der Waals surface area contributed by atoms with E-state index in [1.807, 2.05) is 11.8 Å². The van der Waals surface area contributed by atoms with E-state index in [1.165, 1.54) is 9.75 Å². The van der Waals surface area contributed by atoms with Crippen LogP contribution in [-0.4, -0.2) is 39.6 Å². The number of aryl methyl sites for hydroxylation is 1. The van der Waals surface area contributed by atoms with Crippen molar-refractivity contribution in [2.24, 2.45) is 0 Å². The topological polar surface area (TPSA) is 49.4 Å². The highest BCUT2D eigenvalue weighted by Crippen LogP contribution is 2.31. The number of hydrogen-bond acceptors (Lipinski definition) is 4. The molecule has 0 radical (unpaired) electrons. The summed E-state index contributed by atoms with van der Waals surface area (Å²) in [6, 6.07) is 4.09. The van der Waals surface area contributed by atoms with Gasteiger partial charge in [0.2, 0.25) is 5.91 Å². The molecule has 1 aliphatic rings. The van der Waals surface area contributed by atoms with Gasteiger partial charge in [-0.1, -0.05) is 6.92 Å². The van der Waals surface area contributed by atoms with Crippen molar-refractivity contribution in [1.82, 2.24) is 10.2 Å². The normalized spacial score (nSPS) is 24.4. The minimum Gasteiger partial charge on any atom is -0.321 e. The molecule has 3 atom stereocenters. The molecule has 6 heteroatoms. The van der Waals surface area contributed by atoms with Crippen LogP contribution in [0.2, 0.25) is 0 Å². The Labute approximate surface area is 127 Å². The van der Waals surface area contributed by atoms with Crippen molar-refractivity contribution in [3.8, 4) is 0 Å². The number of nitrogens with one attached hydrogen (secondary N) is 1. The van der Waals surface area contributed by atoms with E-state index in [0.717, 1.165) is 12.8 Å². The van der Waals surface area contributed by atoms with Crippen molar-refractivity contribution in [2.45, 2.75) is 38.9 Å². The van der Waals surface area contributed by atoms with Crippen LogP contribution in [0.1, 0.15) is 35.7 Å². The number of thiophene rings is 1. The first-order valence-electron chi connectivity index (χ1n) is 6.95. The van der Waals surface area contributed by atoms with Crippen LogP contribution in [0.5, 0.6) is 0 Å². The zero-order valence-corrected chi connectivity index (χ0v) is 13.9. The van der Waals surface area contributed by atoms with Crippen LogP contribution in [0, 0.1) is 6.92 Å². The highest BCUT2D eigenvalue weighted by molar-refractivity contribution is 7.84. The zero-order valence-electron chi connectivity index (χ0n) is 12.2. The number of amides is 1. The van der Waals surface area contributed by atoms with Crippen LogP contribution in [0.25, 0.3) is 0 Å². The van der Waals surface area contributed by atoms with Gasteiger partial charge in [0.05, 0.1) is 6.04 Å². The van der Waals surface area contributed by atoms with Gasteiger partial charge in [-0.25, -0.2) is 0 Å². The number of carbonyl (C=O) groups excluding carboxylic acids is 1. The third kappa shape index (κ3) is 3.48. The van der Waals surface area contributed by atoms with Gasteiger partial charge in [-0.3, -0.25) is 14.3 Å². The fraction of sp³-hybridized carbons (Fsp3) is 0.643. The van der Waals surface area contributed by atoms with Gasteiger partial charge < -0.3 is 4.90 Å². The summed E-state index contributed by atoms with van der Waals surface area (Å²) in [7, 11) is -0.795. The summed E-state index contributed by atoms with van der Waals surface area (Å²) < 4.78 is 11.2. The first kappa shape index (κ1) is 15.7. The summed E-state index contributed by atoms with van der Waals surface area (Å²) in [5, 5.41) is 3.42. The Hall–Kier alpha value is -0.720. The Morgan fingerprint density at radius 2 is 2.20 bits per heavy atom. The smallest absolute Gasteiger partial charge is 0.241 e. The SMILES string of the molecule is CCC1NC(c2ccc(C)s2)N(CCCS(C)=O)C1=O. The number of nitrogens with zero attached hydrogens (tertiary/aromatic N) is 1. The fourth-order valence-electron chi connectivity index (χ4n) is 2.49. The van der Waals surface area contributed by atoms with E-state index in [2.05, 4.69) is 24.4 Å². The van der Waals surface area contributed by atoms with Crippen LogP contribution in [-0.2, 0) is 15.6 Å². The lowest BCUT2D eigenvalue weighted by Crippen LogP contribution is -2.32. The molecule has 1 N–H and O–H groups in total. The molecule has 0 aromatic carbocycles. The van der Waals surface area contributed by atoms with Gasteiger partial charge >= 0.3 is 0 Å². The van der Waals surface area contributed by atoms with Crippen LogP contribution < -0.4 is 5.32 Å². The number of carbonyl (C=O) groups is 1. The highest BCUT2D eigenvalue weighted by atomic mass is 32.2. The van der Waals surface area contributed by atoms with Gasteiger partial charge in [0.1, 0.15) is 6.17 Å². The average Bonchev–Trinajstić information content (AvgIpc) is 2.94. The average molecular weight is 314 g/mol. The van der Waals surface area contributed by atoms with Crippen molar-refractivity contribution in [1.29, 1.82) is 0 Å². The molecule has 1 amide bonds. The molecule has 0 saturated carbocycles. The summed E-state index contributed by atoms with van der Waals surface area (Å²) in [5.74, 6) is 0.821. The summed E-state index contributed by atoms with van der Waals surface area (Å²) in [6.45, 7) is 4.77. The van der Waals surface area contributed by atoms with Crippen molar-refractivity contribution in [3.63, 3.8) is 0 Å². The Morgan fingerprint density at radius 1 is 1.45 bits per heavy atom. The summed E-state index contributed by atoms with van der Waals surface area (Å²) in [6.07, 6.45) is 3.28. The minimum atomic E-state index is -0.795. The fourth-order valence-corrected chi connectivity index (χ4v) is 3.97. The molecule has 1 aliphatic heterocycles. The standard InChI is InChI=1S/C14H22N2O2S2/c1-4-11-14(17)16(8-5-9-20(3)18)13(15-11)12-7-6-10(2)19-12/h6-7,11,13,15H,4-5,8-9H2,1-3H3. The molecule has 0 aliphatic carbocycles. The Bertz CT molecular complexity index is 501. The molecule has 3 unspecified atom stereocenters. The molecule has 1 saturated heterocycles. The van der Waals surface area contributed by atoms with Gasteiger partial charge in [0, 0.05) is 39.1 Å². The molecule has 2 rings (SSSR count). The molecule has 1 aromatic rings. The monoisotopic (exact) mass is 314 g/mol. The predicted octanol–water partition coefficient (Wildman–Crippen LogP) is 2.03. The van der Waals surface area contributed by atoms with Crippen LogP contribution in [0.15, 0.2) is 12.1 Å². The van der Waals surface area contributed by atoms with Crippen molar-refractivity contribution < 1.29 is 9.00 Å². The van der Waals surface area contributed by atoms with Gasteiger partial charge in [0.15, 0.2) is 0 Å². The number of rotatable bonds is 6. The molecule has 4 nitrogen and oxygen atoms in total. The maximum Gasteiger partial charge on any atom is 0.241 e. The Morgan fingerprint density at radius 3 is 2.75 bits per heavy atom. The predicted molar refractivity (Wildman–Crippen MR) is 84.3 cm³/mol. The van der Waals surface area contributed by atoms with Gasteiger partial charge in [-0.2, -0.15) is 0 Å². The van der Waals surface area contributed by atoms with Gasteiger partial charge in [-0.15, -0.1) is 11.3 Å². The molecular weight excluding hydrogens is 292 g/mol. The quantitative estimate of drug-likeness (QED) is 0.874. The molecule has 0 spiro atoms. The maximum atomic E-state index is 12.4. The largest absolute Gasteiger partial charge is 0.321 e. The van der Waals surface area contributed by atoms with E-state index < -0.39 is 10.8 Å². The molecule has 0 bridgehead atoms. The van der Waals surface area contributed by atoms with E-state index in [-0.39, 0.29) is 18.1 Å². The second-order valence-electron chi connectivity index (χ2n) is 5.14. The third-order valence-corrected chi connectivity index (χ3v) is 5.44. The second kappa shape index (κ2) is 6.83. The first-order valence-corrected chi connectivity index (χ1v) is 9.50. The third-order valence-electron chi connectivity index (χ3n) is 3.52. The minimum absolute atomic E-state index is 0.0172. The molecular formula is C14H22N2O2S2. The lowest BCUT2D eigenvalue weighted by molar-refractivity contribution is -0.130. The molecule has 1 fully saturated rings. The van der Waals surface area contributed by atoms with Crippen molar-refractivity contribution in [2.75, 3.05) is 18.6 Å². The van der Waals surface area contributed by atoms with Crippen molar-refractivity contribution >= 4 is 28.0 Å². The van der Waals surface area contributed by atoms with E-state index in [1.54, 1.807) is 17.6 Å². The summed E-state index contributed by atoms with van der Waals surface area (Å²) in [5.41, 5.74) is 0. The maximum absolute atomic E-state index is 12.4. The lowest BCUT2D eigenvalue weighted by atomic mass is 10.2. The van der Waals surface area contributed by atoms with E-state index in [9.17, 15) is 9.00 Å².